The van der Waals surface area contributed by atoms with Crippen LogP contribution in [0.2, 0.25) is 0 Å². The molecule has 0 radical (unpaired) electrons. The van der Waals surface area contributed by atoms with E-state index in [0.717, 1.165) is 4.88 Å². The normalized spacial score (nSPS) is 12.1. The van der Waals surface area contributed by atoms with Crippen LogP contribution in [0.1, 0.15) is 35.1 Å². The molecule has 1 heterocycles. The van der Waals surface area contributed by atoms with Crippen molar-refractivity contribution in [2.24, 2.45) is 5.92 Å². The third kappa shape index (κ3) is 4.84. The number of benzene rings is 1. The van der Waals surface area contributed by atoms with Gasteiger partial charge in [0.25, 0.3) is 0 Å². The molecule has 1 unspecified atom stereocenters. The molecule has 1 aromatic heterocycles. The first-order valence-electron chi connectivity index (χ1n) is 7.27. The van der Waals surface area contributed by atoms with E-state index in [1.807, 2.05) is 17.5 Å². The summed E-state index contributed by atoms with van der Waals surface area (Å²) in [5.74, 6) is -0.595. The van der Waals surface area contributed by atoms with Gasteiger partial charge in [0.05, 0.1) is 17.4 Å². The Hall–Kier alpha value is -1.79. The lowest BCUT2D eigenvalue weighted by Crippen LogP contribution is -2.32. The zero-order valence-corrected chi connectivity index (χ0v) is 14.6. The van der Waals surface area contributed by atoms with Crippen molar-refractivity contribution in [2.45, 2.75) is 24.8 Å². The van der Waals surface area contributed by atoms with E-state index in [9.17, 15) is 9.59 Å². The van der Waals surface area contributed by atoms with Gasteiger partial charge in [-0.25, -0.2) is 4.79 Å². The summed E-state index contributed by atoms with van der Waals surface area (Å²) in [6.45, 7) is 4.13. The smallest absolute Gasteiger partial charge is 0.336 e. The molecule has 0 aliphatic rings. The molecular weight excluding hydrogens is 330 g/mol. The quantitative estimate of drug-likeness (QED) is 0.740. The van der Waals surface area contributed by atoms with Crippen LogP contribution < -0.4 is 5.32 Å². The van der Waals surface area contributed by atoms with E-state index in [1.54, 1.807) is 35.6 Å². The van der Waals surface area contributed by atoms with Crippen LogP contribution in [-0.2, 0) is 4.79 Å². The van der Waals surface area contributed by atoms with Crippen molar-refractivity contribution < 1.29 is 14.7 Å². The van der Waals surface area contributed by atoms with E-state index in [2.05, 4.69) is 19.2 Å². The van der Waals surface area contributed by atoms with Crippen LogP contribution in [0.15, 0.2) is 46.7 Å². The van der Waals surface area contributed by atoms with Crippen molar-refractivity contribution in [3.05, 3.63) is 52.2 Å². The second kappa shape index (κ2) is 8.17. The van der Waals surface area contributed by atoms with Crippen LogP contribution in [-0.4, -0.2) is 22.7 Å². The first-order chi connectivity index (χ1) is 11.0. The van der Waals surface area contributed by atoms with Crippen molar-refractivity contribution in [3.8, 4) is 0 Å². The summed E-state index contributed by atoms with van der Waals surface area (Å²) in [6, 6.07) is 10.7. The SMILES string of the molecule is CC(C)C(NC(=O)CSc1ccccc1C(=O)O)c1cccs1. The highest BCUT2D eigenvalue weighted by atomic mass is 32.2. The highest BCUT2D eigenvalue weighted by molar-refractivity contribution is 8.00. The predicted octanol–water partition coefficient (Wildman–Crippen LogP) is 4.05. The van der Waals surface area contributed by atoms with Gasteiger partial charge in [0.1, 0.15) is 0 Å². The Morgan fingerprint density at radius 2 is 1.96 bits per heavy atom. The van der Waals surface area contributed by atoms with Gasteiger partial charge in [-0.3, -0.25) is 4.79 Å². The Morgan fingerprint density at radius 1 is 1.22 bits per heavy atom. The summed E-state index contributed by atoms with van der Waals surface area (Å²) in [7, 11) is 0. The van der Waals surface area contributed by atoms with Gasteiger partial charge >= 0.3 is 5.97 Å². The number of carboxylic acid groups (broad SMARTS) is 1. The molecule has 0 saturated carbocycles. The maximum Gasteiger partial charge on any atom is 0.336 e. The first-order valence-corrected chi connectivity index (χ1v) is 9.13. The van der Waals surface area contributed by atoms with Gasteiger partial charge in [-0.1, -0.05) is 32.0 Å². The van der Waals surface area contributed by atoms with Crippen molar-refractivity contribution in [1.82, 2.24) is 5.32 Å². The van der Waals surface area contributed by atoms with Gasteiger partial charge in [0, 0.05) is 9.77 Å². The van der Waals surface area contributed by atoms with Crippen LogP contribution in [0.25, 0.3) is 0 Å². The van der Waals surface area contributed by atoms with E-state index < -0.39 is 5.97 Å². The van der Waals surface area contributed by atoms with Crippen LogP contribution in [0.4, 0.5) is 0 Å². The number of hydrogen-bond acceptors (Lipinski definition) is 4. The Kier molecular flexibility index (Phi) is 6.24. The fourth-order valence-corrected chi connectivity index (χ4v) is 3.97. The van der Waals surface area contributed by atoms with Crippen molar-refractivity contribution in [2.75, 3.05) is 5.75 Å². The largest absolute Gasteiger partial charge is 0.478 e. The highest BCUT2D eigenvalue weighted by Crippen LogP contribution is 2.27. The number of thiophene rings is 1. The molecule has 0 fully saturated rings. The van der Waals surface area contributed by atoms with Crippen molar-refractivity contribution in [3.63, 3.8) is 0 Å². The minimum Gasteiger partial charge on any atom is -0.478 e. The molecule has 2 aromatic rings. The minimum atomic E-state index is -0.979. The zero-order chi connectivity index (χ0) is 16.8. The molecule has 0 spiro atoms. The molecular formula is C17H19NO3S2. The second-order valence-electron chi connectivity index (χ2n) is 5.39. The number of thioether (sulfide) groups is 1. The molecule has 0 aliphatic heterocycles. The topological polar surface area (TPSA) is 66.4 Å². The summed E-state index contributed by atoms with van der Waals surface area (Å²) in [5, 5.41) is 14.2. The van der Waals surface area contributed by atoms with Gasteiger partial charge in [-0.15, -0.1) is 23.1 Å². The average Bonchev–Trinajstić information content (AvgIpc) is 3.04. The average molecular weight is 349 g/mol. The number of aromatic carboxylic acids is 1. The van der Waals surface area contributed by atoms with Gasteiger partial charge in [0.2, 0.25) is 5.91 Å². The van der Waals surface area contributed by atoms with E-state index >= 15 is 0 Å². The third-order valence-electron chi connectivity index (χ3n) is 3.31. The summed E-state index contributed by atoms with van der Waals surface area (Å²) in [5.41, 5.74) is 0.226. The molecule has 1 atom stereocenters. The van der Waals surface area contributed by atoms with Crippen LogP contribution in [0.5, 0.6) is 0 Å². The van der Waals surface area contributed by atoms with Gasteiger partial charge in [-0.2, -0.15) is 0 Å². The molecule has 122 valence electrons. The molecule has 1 aromatic carbocycles. The third-order valence-corrected chi connectivity index (χ3v) is 5.34. The molecule has 6 heteroatoms. The van der Waals surface area contributed by atoms with E-state index in [0.29, 0.717) is 4.90 Å². The van der Waals surface area contributed by atoms with Gasteiger partial charge in [0.15, 0.2) is 0 Å². The predicted molar refractivity (Wildman–Crippen MR) is 94.2 cm³/mol. The Labute approximate surface area is 143 Å². The van der Waals surface area contributed by atoms with Crippen LogP contribution in [0.3, 0.4) is 0 Å². The fraction of sp³-hybridized carbons (Fsp3) is 0.294. The van der Waals surface area contributed by atoms with Crippen LogP contribution in [0, 0.1) is 5.92 Å². The lowest BCUT2D eigenvalue weighted by Gasteiger charge is -2.21. The standard InChI is InChI=1S/C17H19NO3S2/c1-11(2)16(14-8-5-9-22-14)18-15(19)10-23-13-7-4-3-6-12(13)17(20)21/h3-9,11,16H,10H2,1-2H3,(H,18,19)(H,20,21). The van der Waals surface area contributed by atoms with Crippen molar-refractivity contribution >= 4 is 35.0 Å². The maximum absolute atomic E-state index is 12.2. The maximum atomic E-state index is 12.2. The number of carboxylic acids is 1. The lowest BCUT2D eigenvalue weighted by molar-refractivity contribution is -0.119. The summed E-state index contributed by atoms with van der Waals surface area (Å²) in [6.07, 6.45) is 0. The Morgan fingerprint density at radius 3 is 2.57 bits per heavy atom. The number of carbonyl (C=O) groups is 2. The molecule has 0 bridgehead atoms. The molecule has 2 rings (SSSR count). The molecule has 2 N–H and O–H groups in total. The number of nitrogens with one attached hydrogen (secondary N) is 1. The van der Waals surface area contributed by atoms with E-state index in [-0.39, 0.29) is 29.2 Å². The molecule has 23 heavy (non-hydrogen) atoms. The molecule has 0 saturated heterocycles. The van der Waals surface area contributed by atoms with E-state index in [4.69, 9.17) is 5.11 Å². The Bertz CT molecular complexity index is 668. The summed E-state index contributed by atoms with van der Waals surface area (Å²) in [4.78, 5) is 25.1. The summed E-state index contributed by atoms with van der Waals surface area (Å²) >= 11 is 2.87. The number of hydrogen-bond donors (Lipinski definition) is 2. The lowest BCUT2D eigenvalue weighted by atomic mass is 10.0. The van der Waals surface area contributed by atoms with Gasteiger partial charge in [-0.05, 0) is 29.5 Å². The van der Waals surface area contributed by atoms with E-state index in [1.165, 1.54) is 11.8 Å². The number of carbonyl (C=O) groups excluding carboxylic acids is 1. The highest BCUT2D eigenvalue weighted by Gasteiger charge is 2.19. The number of rotatable bonds is 7. The first kappa shape index (κ1) is 17.6. The molecule has 4 nitrogen and oxygen atoms in total. The number of amides is 1. The second-order valence-corrected chi connectivity index (χ2v) is 7.39. The molecule has 1 amide bonds. The summed E-state index contributed by atoms with van der Waals surface area (Å²) < 4.78 is 0. The minimum absolute atomic E-state index is 0.0159. The van der Waals surface area contributed by atoms with Gasteiger partial charge < -0.3 is 10.4 Å². The van der Waals surface area contributed by atoms with Crippen molar-refractivity contribution in [1.29, 1.82) is 0 Å². The monoisotopic (exact) mass is 349 g/mol. The molecule has 0 aliphatic carbocycles. The fourth-order valence-electron chi connectivity index (χ4n) is 2.16. The Balaban J connectivity index is 1.99. The zero-order valence-electron chi connectivity index (χ0n) is 13.0. The van der Waals surface area contributed by atoms with Crippen LogP contribution >= 0.6 is 23.1 Å².